The van der Waals surface area contributed by atoms with Crippen molar-refractivity contribution in [2.45, 2.75) is 38.5 Å². The van der Waals surface area contributed by atoms with E-state index in [9.17, 15) is 9.18 Å². The van der Waals surface area contributed by atoms with E-state index >= 15 is 0 Å². The molecule has 18 heavy (non-hydrogen) atoms. The highest BCUT2D eigenvalue weighted by Crippen LogP contribution is 2.37. The van der Waals surface area contributed by atoms with Gasteiger partial charge in [-0.05, 0) is 25.0 Å². The average Bonchev–Trinajstić information content (AvgIpc) is 2.65. The van der Waals surface area contributed by atoms with Crippen molar-refractivity contribution in [2.75, 3.05) is 6.54 Å². The van der Waals surface area contributed by atoms with Crippen molar-refractivity contribution < 1.29 is 9.18 Å². The standard InChI is InChI=1S/C15H20FNO/c16-13-8-4-3-7-12(13)14(18)15(11-17)9-5-1-2-6-10-15/h3-4,7-8H,1-2,5-6,9-11,17H2. The van der Waals surface area contributed by atoms with Crippen LogP contribution in [0.4, 0.5) is 4.39 Å². The number of carbonyl (C=O) groups is 1. The zero-order valence-electron chi connectivity index (χ0n) is 10.6. The second-order valence-electron chi connectivity index (χ2n) is 5.21. The highest BCUT2D eigenvalue weighted by molar-refractivity contribution is 6.01. The minimum atomic E-state index is -0.543. The summed E-state index contributed by atoms with van der Waals surface area (Å²) in [7, 11) is 0. The van der Waals surface area contributed by atoms with Gasteiger partial charge in [-0.1, -0.05) is 37.8 Å². The first-order chi connectivity index (χ1) is 8.69. The number of benzene rings is 1. The van der Waals surface area contributed by atoms with Crippen LogP contribution in [0.3, 0.4) is 0 Å². The van der Waals surface area contributed by atoms with E-state index in [1.54, 1.807) is 18.2 Å². The maximum atomic E-state index is 13.7. The molecule has 3 heteroatoms. The van der Waals surface area contributed by atoms with Gasteiger partial charge in [0.15, 0.2) is 5.78 Å². The van der Waals surface area contributed by atoms with Crippen molar-refractivity contribution in [1.29, 1.82) is 0 Å². The van der Waals surface area contributed by atoms with Crippen LogP contribution in [0.25, 0.3) is 0 Å². The topological polar surface area (TPSA) is 43.1 Å². The number of carbonyl (C=O) groups excluding carboxylic acids is 1. The van der Waals surface area contributed by atoms with Gasteiger partial charge in [-0.25, -0.2) is 4.39 Å². The van der Waals surface area contributed by atoms with Crippen LogP contribution in [0.1, 0.15) is 48.9 Å². The molecule has 0 bridgehead atoms. The highest BCUT2D eigenvalue weighted by atomic mass is 19.1. The summed E-state index contributed by atoms with van der Waals surface area (Å²) < 4.78 is 13.7. The van der Waals surface area contributed by atoms with Gasteiger partial charge in [0.2, 0.25) is 0 Å². The maximum absolute atomic E-state index is 13.7. The fraction of sp³-hybridized carbons (Fsp3) is 0.533. The van der Waals surface area contributed by atoms with Crippen LogP contribution in [0.15, 0.2) is 24.3 Å². The minimum absolute atomic E-state index is 0.106. The van der Waals surface area contributed by atoms with Crippen molar-refractivity contribution in [2.24, 2.45) is 11.1 Å². The van der Waals surface area contributed by atoms with E-state index in [0.717, 1.165) is 38.5 Å². The molecule has 2 N–H and O–H groups in total. The molecule has 1 aliphatic carbocycles. The van der Waals surface area contributed by atoms with Gasteiger partial charge in [-0.15, -0.1) is 0 Å². The van der Waals surface area contributed by atoms with Crippen LogP contribution >= 0.6 is 0 Å². The third kappa shape index (κ3) is 2.46. The summed E-state index contributed by atoms with van der Waals surface area (Å²) in [5, 5.41) is 0. The number of rotatable bonds is 3. The first-order valence-electron chi connectivity index (χ1n) is 6.69. The van der Waals surface area contributed by atoms with E-state index in [4.69, 9.17) is 5.73 Å². The first-order valence-corrected chi connectivity index (χ1v) is 6.69. The van der Waals surface area contributed by atoms with Crippen molar-refractivity contribution in [3.05, 3.63) is 35.6 Å². The Bertz CT molecular complexity index is 422. The molecule has 1 fully saturated rings. The Hall–Kier alpha value is -1.22. The molecular formula is C15H20FNO. The molecule has 0 radical (unpaired) electrons. The van der Waals surface area contributed by atoms with Crippen LogP contribution in [0.5, 0.6) is 0 Å². The molecule has 0 aromatic heterocycles. The van der Waals surface area contributed by atoms with Gasteiger partial charge >= 0.3 is 0 Å². The lowest BCUT2D eigenvalue weighted by atomic mass is 9.74. The fourth-order valence-electron chi connectivity index (χ4n) is 2.86. The molecule has 98 valence electrons. The lowest BCUT2D eigenvalue weighted by Gasteiger charge is -2.29. The molecule has 0 unspecified atom stereocenters. The van der Waals surface area contributed by atoms with Crippen molar-refractivity contribution in [3.8, 4) is 0 Å². The SMILES string of the molecule is NCC1(C(=O)c2ccccc2F)CCCCCC1. The third-order valence-electron chi connectivity index (χ3n) is 4.05. The van der Waals surface area contributed by atoms with E-state index in [2.05, 4.69) is 0 Å². The van der Waals surface area contributed by atoms with Crippen LogP contribution in [-0.4, -0.2) is 12.3 Å². The molecule has 2 rings (SSSR count). The summed E-state index contributed by atoms with van der Waals surface area (Å²) in [6, 6.07) is 6.22. The normalized spacial score (nSPS) is 19.2. The Balaban J connectivity index is 2.32. The highest BCUT2D eigenvalue weighted by Gasteiger charge is 2.38. The Kier molecular flexibility index (Phi) is 4.12. The number of ketones is 1. The largest absolute Gasteiger partial charge is 0.329 e. The Morgan fingerprint density at radius 2 is 1.78 bits per heavy atom. The number of halogens is 1. The van der Waals surface area contributed by atoms with Gasteiger partial charge in [0.05, 0.1) is 5.56 Å². The molecule has 0 heterocycles. The van der Waals surface area contributed by atoms with E-state index in [-0.39, 0.29) is 11.3 Å². The number of Topliss-reactive ketones (excluding diaryl/α,β-unsaturated/α-hetero) is 1. The summed E-state index contributed by atoms with van der Waals surface area (Å²) in [6.45, 7) is 0.320. The van der Waals surface area contributed by atoms with Gasteiger partial charge in [0.1, 0.15) is 5.82 Å². The Morgan fingerprint density at radius 1 is 1.17 bits per heavy atom. The molecule has 0 amide bonds. The van der Waals surface area contributed by atoms with E-state index < -0.39 is 11.2 Å². The van der Waals surface area contributed by atoms with Crippen LogP contribution < -0.4 is 5.73 Å². The van der Waals surface area contributed by atoms with Gasteiger partial charge in [-0.2, -0.15) is 0 Å². The summed E-state index contributed by atoms with van der Waals surface area (Å²) in [5.74, 6) is -0.537. The summed E-state index contributed by atoms with van der Waals surface area (Å²) >= 11 is 0. The molecular weight excluding hydrogens is 229 g/mol. The smallest absolute Gasteiger partial charge is 0.173 e. The minimum Gasteiger partial charge on any atom is -0.329 e. The summed E-state index contributed by atoms with van der Waals surface area (Å²) in [6.07, 6.45) is 5.89. The second kappa shape index (κ2) is 5.61. The van der Waals surface area contributed by atoms with Crippen molar-refractivity contribution in [1.82, 2.24) is 0 Å². The number of nitrogens with two attached hydrogens (primary N) is 1. The quantitative estimate of drug-likeness (QED) is 0.659. The molecule has 1 aromatic rings. The predicted octanol–water partition coefficient (Wildman–Crippen LogP) is 3.31. The Morgan fingerprint density at radius 3 is 2.33 bits per heavy atom. The van der Waals surface area contributed by atoms with E-state index in [1.807, 2.05) is 0 Å². The summed E-state index contributed by atoms with van der Waals surface area (Å²) in [4.78, 5) is 12.6. The molecule has 0 atom stereocenters. The zero-order valence-corrected chi connectivity index (χ0v) is 10.6. The number of hydrogen-bond donors (Lipinski definition) is 1. The van der Waals surface area contributed by atoms with Gasteiger partial charge in [0, 0.05) is 12.0 Å². The lowest BCUT2D eigenvalue weighted by molar-refractivity contribution is 0.0769. The second-order valence-corrected chi connectivity index (χ2v) is 5.21. The monoisotopic (exact) mass is 249 g/mol. The van der Waals surface area contributed by atoms with Crippen molar-refractivity contribution in [3.63, 3.8) is 0 Å². The molecule has 0 aliphatic heterocycles. The molecule has 2 nitrogen and oxygen atoms in total. The Labute approximate surface area is 107 Å². The van der Waals surface area contributed by atoms with Crippen LogP contribution in [0, 0.1) is 11.2 Å². The van der Waals surface area contributed by atoms with Gasteiger partial charge in [-0.3, -0.25) is 4.79 Å². The summed E-state index contributed by atoms with van der Waals surface area (Å²) in [5.41, 5.74) is 5.51. The molecule has 0 saturated heterocycles. The van der Waals surface area contributed by atoms with Gasteiger partial charge in [0.25, 0.3) is 0 Å². The van der Waals surface area contributed by atoms with Crippen LogP contribution in [-0.2, 0) is 0 Å². The lowest BCUT2D eigenvalue weighted by Crippen LogP contribution is -2.38. The fourth-order valence-corrected chi connectivity index (χ4v) is 2.86. The number of hydrogen-bond acceptors (Lipinski definition) is 2. The zero-order chi connectivity index (χ0) is 13.0. The first kappa shape index (κ1) is 13.2. The molecule has 1 aromatic carbocycles. The maximum Gasteiger partial charge on any atom is 0.173 e. The molecule has 1 aliphatic rings. The van der Waals surface area contributed by atoms with Gasteiger partial charge < -0.3 is 5.73 Å². The predicted molar refractivity (Wildman–Crippen MR) is 69.9 cm³/mol. The molecule has 0 spiro atoms. The molecule has 1 saturated carbocycles. The van der Waals surface area contributed by atoms with E-state index in [1.165, 1.54) is 6.07 Å². The third-order valence-corrected chi connectivity index (χ3v) is 4.05. The average molecular weight is 249 g/mol. The van der Waals surface area contributed by atoms with E-state index in [0.29, 0.717) is 6.54 Å². The van der Waals surface area contributed by atoms with Crippen molar-refractivity contribution >= 4 is 5.78 Å². The van der Waals surface area contributed by atoms with Crippen LogP contribution in [0.2, 0.25) is 0 Å².